The molecule has 0 saturated heterocycles. The van der Waals surface area contributed by atoms with Crippen molar-refractivity contribution in [2.75, 3.05) is 0 Å². The Labute approximate surface area is 146 Å². The zero-order valence-electron chi connectivity index (χ0n) is 12.8. The van der Waals surface area contributed by atoms with E-state index in [-0.39, 0.29) is 5.56 Å². The average Bonchev–Trinajstić information content (AvgIpc) is 3.03. The number of thioether (sulfide) groups is 1. The largest absolute Gasteiger partial charge is 0.279 e. The average molecular weight is 357 g/mol. The molecule has 0 aliphatic rings. The SMILES string of the molecule is Cn1c(=O)c2ccccc2n2c(CSc3ccccc3Cl)nnc12. The minimum absolute atomic E-state index is 0.0733. The Morgan fingerprint density at radius 3 is 2.67 bits per heavy atom. The predicted molar refractivity (Wildman–Crippen MR) is 96.7 cm³/mol. The standard InChI is InChI=1S/C17H13ClN4OS/c1-21-16(23)11-6-2-4-8-13(11)22-15(19-20-17(21)22)10-24-14-9-5-3-7-12(14)18/h2-9H,10H2,1H3. The number of benzene rings is 2. The number of halogens is 1. The Morgan fingerprint density at radius 2 is 1.83 bits per heavy atom. The van der Waals surface area contributed by atoms with Crippen molar-refractivity contribution in [3.8, 4) is 0 Å². The molecule has 0 radical (unpaired) electrons. The van der Waals surface area contributed by atoms with Crippen LogP contribution in [0.15, 0.2) is 58.2 Å². The van der Waals surface area contributed by atoms with Gasteiger partial charge in [-0.05, 0) is 24.3 Å². The molecule has 7 heteroatoms. The lowest BCUT2D eigenvalue weighted by Crippen LogP contribution is -2.20. The summed E-state index contributed by atoms with van der Waals surface area (Å²) >= 11 is 7.81. The third-order valence-electron chi connectivity index (χ3n) is 3.89. The van der Waals surface area contributed by atoms with Gasteiger partial charge in [0.15, 0.2) is 0 Å². The lowest BCUT2D eigenvalue weighted by molar-refractivity contribution is 0.858. The van der Waals surface area contributed by atoms with E-state index < -0.39 is 0 Å². The van der Waals surface area contributed by atoms with Crippen LogP contribution in [0.4, 0.5) is 0 Å². The lowest BCUT2D eigenvalue weighted by Gasteiger charge is -2.08. The van der Waals surface area contributed by atoms with Crippen LogP contribution in [0.2, 0.25) is 5.02 Å². The van der Waals surface area contributed by atoms with Gasteiger partial charge in [-0.25, -0.2) is 0 Å². The zero-order chi connectivity index (χ0) is 16.7. The molecule has 0 fully saturated rings. The first-order valence-electron chi connectivity index (χ1n) is 7.36. The van der Waals surface area contributed by atoms with Crippen LogP contribution in [0.5, 0.6) is 0 Å². The summed E-state index contributed by atoms with van der Waals surface area (Å²) in [7, 11) is 1.71. The highest BCUT2D eigenvalue weighted by Gasteiger charge is 2.14. The number of hydrogen-bond donors (Lipinski definition) is 0. The molecular weight excluding hydrogens is 344 g/mol. The number of nitrogens with zero attached hydrogens (tertiary/aromatic N) is 4. The maximum atomic E-state index is 12.4. The molecule has 2 heterocycles. The normalized spacial score (nSPS) is 11.4. The van der Waals surface area contributed by atoms with Crippen LogP contribution in [0, 0.1) is 0 Å². The van der Waals surface area contributed by atoms with Crippen molar-refractivity contribution in [3.05, 3.63) is 69.7 Å². The molecule has 0 aliphatic carbocycles. The van der Waals surface area contributed by atoms with Gasteiger partial charge in [0.25, 0.3) is 5.56 Å². The summed E-state index contributed by atoms with van der Waals surface area (Å²) in [6.45, 7) is 0. The third kappa shape index (κ3) is 2.39. The Kier molecular flexibility index (Phi) is 3.78. The first-order chi connectivity index (χ1) is 11.7. The van der Waals surface area contributed by atoms with Gasteiger partial charge in [-0.3, -0.25) is 13.8 Å². The highest BCUT2D eigenvalue weighted by atomic mass is 35.5. The van der Waals surface area contributed by atoms with Crippen molar-refractivity contribution in [2.45, 2.75) is 10.6 Å². The second-order valence-corrected chi connectivity index (χ2v) is 6.78. The molecule has 5 nitrogen and oxygen atoms in total. The van der Waals surface area contributed by atoms with E-state index >= 15 is 0 Å². The van der Waals surface area contributed by atoms with Crippen molar-refractivity contribution >= 4 is 40.0 Å². The Balaban J connectivity index is 1.85. The molecule has 0 N–H and O–H groups in total. The summed E-state index contributed by atoms with van der Waals surface area (Å²) in [5.74, 6) is 1.92. The fourth-order valence-corrected chi connectivity index (χ4v) is 3.84. The van der Waals surface area contributed by atoms with Gasteiger partial charge in [0.2, 0.25) is 5.78 Å². The van der Waals surface area contributed by atoms with Crippen LogP contribution in [-0.4, -0.2) is 19.2 Å². The highest BCUT2D eigenvalue weighted by Crippen LogP contribution is 2.29. The van der Waals surface area contributed by atoms with Gasteiger partial charge in [-0.15, -0.1) is 22.0 Å². The molecule has 0 aliphatic heterocycles. The molecular formula is C17H13ClN4OS. The molecule has 0 amide bonds. The maximum Gasteiger partial charge on any atom is 0.262 e. The number of rotatable bonds is 3. The minimum atomic E-state index is -0.0733. The lowest BCUT2D eigenvalue weighted by atomic mass is 10.2. The van der Waals surface area contributed by atoms with Crippen molar-refractivity contribution in [1.82, 2.24) is 19.2 Å². The molecule has 0 bridgehead atoms. The number of aryl methyl sites for hydroxylation is 1. The van der Waals surface area contributed by atoms with Crippen LogP contribution in [0.25, 0.3) is 16.7 Å². The Morgan fingerprint density at radius 1 is 1.08 bits per heavy atom. The molecule has 2 aromatic carbocycles. The fraction of sp³-hybridized carbons (Fsp3) is 0.118. The van der Waals surface area contributed by atoms with E-state index in [0.29, 0.717) is 21.9 Å². The van der Waals surface area contributed by atoms with Crippen molar-refractivity contribution < 1.29 is 0 Å². The molecule has 0 saturated carbocycles. The molecule has 120 valence electrons. The maximum absolute atomic E-state index is 12.4. The van der Waals surface area contributed by atoms with Crippen LogP contribution < -0.4 is 5.56 Å². The van der Waals surface area contributed by atoms with Gasteiger partial charge in [0.05, 0.1) is 21.7 Å². The van der Waals surface area contributed by atoms with E-state index in [0.717, 1.165) is 16.2 Å². The van der Waals surface area contributed by atoms with E-state index in [4.69, 9.17) is 11.6 Å². The number of aromatic nitrogens is 4. The first kappa shape index (κ1) is 15.2. The van der Waals surface area contributed by atoms with Crippen molar-refractivity contribution in [1.29, 1.82) is 0 Å². The minimum Gasteiger partial charge on any atom is -0.279 e. The van der Waals surface area contributed by atoms with Crippen LogP contribution in [-0.2, 0) is 12.8 Å². The van der Waals surface area contributed by atoms with Crippen molar-refractivity contribution in [2.24, 2.45) is 7.05 Å². The summed E-state index contributed by atoms with van der Waals surface area (Å²) in [4.78, 5) is 13.4. The van der Waals surface area contributed by atoms with E-state index in [1.807, 2.05) is 52.9 Å². The molecule has 0 spiro atoms. The van der Waals surface area contributed by atoms with Crippen LogP contribution >= 0.6 is 23.4 Å². The number of hydrogen-bond acceptors (Lipinski definition) is 4. The molecule has 4 rings (SSSR count). The van der Waals surface area contributed by atoms with E-state index in [9.17, 15) is 4.79 Å². The second kappa shape index (κ2) is 5.96. The Hall–Kier alpha value is -2.31. The first-order valence-corrected chi connectivity index (χ1v) is 8.72. The summed E-state index contributed by atoms with van der Waals surface area (Å²) in [6.07, 6.45) is 0. The van der Waals surface area contributed by atoms with Gasteiger partial charge in [-0.1, -0.05) is 35.9 Å². The van der Waals surface area contributed by atoms with Crippen LogP contribution in [0.1, 0.15) is 5.82 Å². The summed E-state index contributed by atoms with van der Waals surface area (Å²) in [6, 6.07) is 15.2. The smallest absolute Gasteiger partial charge is 0.262 e. The zero-order valence-corrected chi connectivity index (χ0v) is 14.4. The van der Waals surface area contributed by atoms with Gasteiger partial charge >= 0.3 is 0 Å². The molecule has 4 aromatic rings. The van der Waals surface area contributed by atoms with E-state index in [2.05, 4.69) is 10.2 Å². The fourth-order valence-electron chi connectivity index (χ4n) is 2.69. The summed E-state index contributed by atoms with van der Waals surface area (Å²) in [5, 5.41) is 9.84. The summed E-state index contributed by atoms with van der Waals surface area (Å²) < 4.78 is 3.46. The van der Waals surface area contributed by atoms with E-state index in [1.54, 1.807) is 18.8 Å². The molecule has 2 aromatic heterocycles. The third-order valence-corrected chi connectivity index (χ3v) is 5.40. The summed E-state index contributed by atoms with van der Waals surface area (Å²) in [5.41, 5.74) is 0.742. The molecule has 24 heavy (non-hydrogen) atoms. The predicted octanol–water partition coefficient (Wildman–Crippen LogP) is 3.53. The molecule has 0 atom stereocenters. The number of fused-ring (bicyclic) bond motifs is 3. The molecule has 0 unspecified atom stereocenters. The number of para-hydroxylation sites is 1. The van der Waals surface area contributed by atoms with Crippen LogP contribution in [0.3, 0.4) is 0 Å². The topological polar surface area (TPSA) is 52.2 Å². The van der Waals surface area contributed by atoms with Gasteiger partial charge in [0.1, 0.15) is 5.82 Å². The van der Waals surface area contributed by atoms with Gasteiger partial charge in [-0.2, -0.15) is 0 Å². The van der Waals surface area contributed by atoms with Gasteiger partial charge in [0, 0.05) is 11.9 Å². The quantitative estimate of drug-likeness (QED) is 0.527. The Bertz CT molecular complexity index is 1120. The van der Waals surface area contributed by atoms with E-state index in [1.165, 1.54) is 4.57 Å². The van der Waals surface area contributed by atoms with Gasteiger partial charge < -0.3 is 0 Å². The highest BCUT2D eigenvalue weighted by molar-refractivity contribution is 7.98. The van der Waals surface area contributed by atoms with Crippen molar-refractivity contribution in [3.63, 3.8) is 0 Å². The monoisotopic (exact) mass is 356 g/mol. The second-order valence-electron chi connectivity index (χ2n) is 5.35.